The molecule has 22 heavy (non-hydrogen) atoms. The summed E-state index contributed by atoms with van der Waals surface area (Å²) in [5.74, 6) is -0.106. The molecule has 0 spiro atoms. The van der Waals surface area contributed by atoms with Gasteiger partial charge in [-0.2, -0.15) is 0 Å². The van der Waals surface area contributed by atoms with E-state index >= 15 is 0 Å². The molecule has 3 aromatic rings. The van der Waals surface area contributed by atoms with E-state index in [-0.39, 0.29) is 5.91 Å². The number of nitrogen functional groups attached to an aromatic ring is 1. The molecule has 5 nitrogen and oxygen atoms in total. The number of H-pyrrole nitrogens is 1. The number of pyridine rings is 1. The molecule has 0 aliphatic heterocycles. The second-order valence-electron chi connectivity index (χ2n) is 5.62. The van der Waals surface area contributed by atoms with Gasteiger partial charge in [-0.3, -0.25) is 4.79 Å². The Morgan fingerprint density at radius 3 is 2.68 bits per heavy atom. The number of nitrogens with one attached hydrogen (secondary N) is 1. The van der Waals surface area contributed by atoms with E-state index in [1.54, 1.807) is 26.4 Å². The van der Waals surface area contributed by atoms with Gasteiger partial charge in [0.05, 0.1) is 5.56 Å². The number of carbonyl (C=O) groups excluding carboxylic acids is 1. The molecule has 0 aliphatic rings. The molecule has 0 saturated carbocycles. The zero-order chi connectivity index (χ0) is 15.9. The van der Waals surface area contributed by atoms with E-state index in [0.717, 1.165) is 27.9 Å². The zero-order valence-corrected chi connectivity index (χ0v) is 12.8. The zero-order valence-electron chi connectivity index (χ0n) is 12.8. The van der Waals surface area contributed by atoms with Gasteiger partial charge in [-0.15, -0.1) is 0 Å². The monoisotopic (exact) mass is 294 g/mol. The summed E-state index contributed by atoms with van der Waals surface area (Å²) in [6, 6.07) is 9.60. The van der Waals surface area contributed by atoms with Crippen molar-refractivity contribution >= 4 is 22.6 Å². The van der Waals surface area contributed by atoms with E-state index in [1.165, 1.54) is 4.90 Å². The molecule has 1 aromatic carbocycles. The van der Waals surface area contributed by atoms with Crippen LogP contribution < -0.4 is 5.73 Å². The van der Waals surface area contributed by atoms with Crippen LogP contribution in [-0.2, 0) is 0 Å². The van der Waals surface area contributed by atoms with Crippen molar-refractivity contribution in [1.29, 1.82) is 0 Å². The van der Waals surface area contributed by atoms with Crippen LogP contribution in [0.15, 0.2) is 36.5 Å². The number of hydrogen-bond donors (Lipinski definition) is 2. The third-order valence-corrected chi connectivity index (χ3v) is 3.63. The molecule has 3 N–H and O–H groups in total. The van der Waals surface area contributed by atoms with Crippen LogP contribution in [0.2, 0.25) is 0 Å². The average molecular weight is 294 g/mol. The number of fused-ring (bicyclic) bond motifs is 1. The number of benzene rings is 1. The van der Waals surface area contributed by atoms with E-state index in [1.807, 2.05) is 19.1 Å². The minimum atomic E-state index is -0.106. The van der Waals surface area contributed by atoms with Gasteiger partial charge < -0.3 is 15.6 Å². The highest BCUT2D eigenvalue weighted by Crippen LogP contribution is 2.26. The summed E-state index contributed by atoms with van der Waals surface area (Å²) in [5.41, 5.74) is 10.7. The maximum atomic E-state index is 12.2. The summed E-state index contributed by atoms with van der Waals surface area (Å²) < 4.78 is 0. The van der Waals surface area contributed by atoms with Gasteiger partial charge in [0.25, 0.3) is 5.91 Å². The minimum absolute atomic E-state index is 0.106. The summed E-state index contributed by atoms with van der Waals surface area (Å²) in [6.45, 7) is 2.00. The fraction of sp³-hybridized carbons (Fsp3) is 0.176. The molecule has 0 unspecified atom stereocenters. The van der Waals surface area contributed by atoms with Crippen LogP contribution in [0.3, 0.4) is 0 Å². The number of aryl methyl sites for hydroxylation is 1. The normalized spacial score (nSPS) is 10.9. The first-order valence-corrected chi connectivity index (χ1v) is 7.02. The lowest BCUT2D eigenvalue weighted by atomic mass is 10.0. The highest BCUT2D eigenvalue weighted by Gasteiger charge is 2.13. The molecule has 0 bridgehead atoms. The fourth-order valence-corrected chi connectivity index (χ4v) is 2.47. The fourth-order valence-electron chi connectivity index (χ4n) is 2.47. The topological polar surface area (TPSA) is 75.0 Å². The van der Waals surface area contributed by atoms with Gasteiger partial charge in [0.1, 0.15) is 5.65 Å². The Morgan fingerprint density at radius 2 is 1.95 bits per heavy atom. The molecule has 0 fully saturated rings. The maximum absolute atomic E-state index is 12.2. The van der Waals surface area contributed by atoms with Crippen molar-refractivity contribution in [2.24, 2.45) is 0 Å². The Kier molecular flexibility index (Phi) is 3.33. The second kappa shape index (κ2) is 5.18. The predicted octanol–water partition coefficient (Wildman–Crippen LogP) is 2.82. The van der Waals surface area contributed by atoms with E-state index in [0.29, 0.717) is 11.3 Å². The highest BCUT2D eigenvalue weighted by atomic mass is 16.2. The number of anilines is 1. The molecule has 0 radical (unpaired) electrons. The smallest absolute Gasteiger partial charge is 0.255 e. The van der Waals surface area contributed by atoms with Crippen molar-refractivity contribution in [2.75, 3.05) is 19.8 Å². The summed E-state index contributed by atoms with van der Waals surface area (Å²) in [6.07, 6.45) is 1.80. The number of carbonyl (C=O) groups is 1. The molecule has 0 atom stereocenters. The van der Waals surface area contributed by atoms with Crippen molar-refractivity contribution in [3.8, 4) is 11.1 Å². The Balaban J connectivity index is 2.10. The maximum Gasteiger partial charge on any atom is 0.255 e. The van der Waals surface area contributed by atoms with Gasteiger partial charge in [0.2, 0.25) is 0 Å². The molecular formula is C17H18N4O. The number of amides is 1. The third-order valence-electron chi connectivity index (χ3n) is 3.63. The molecule has 0 aliphatic carbocycles. The first kappa shape index (κ1) is 14.1. The quantitative estimate of drug-likeness (QED) is 0.714. The third kappa shape index (κ3) is 2.41. The summed E-state index contributed by atoms with van der Waals surface area (Å²) in [5, 5.41) is 1.05. The van der Waals surface area contributed by atoms with Crippen molar-refractivity contribution in [3.63, 3.8) is 0 Å². The van der Waals surface area contributed by atoms with E-state index in [9.17, 15) is 4.79 Å². The van der Waals surface area contributed by atoms with Crippen LogP contribution in [0, 0.1) is 6.92 Å². The second-order valence-corrected chi connectivity index (χ2v) is 5.62. The number of aromatic amines is 1. The molecule has 5 heteroatoms. The molecule has 3 rings (SSSR count). The van der Waals surface area contributed by atoms with Crippen molar-refractivity contribution in [1.82, 2.24) is 14.9 Å². The first-order valence-electron chi connectivity index (χ1n) is 7.02. The van der Waals surface area contributed by atoms with Crippen LogP contribution in [0.1, 0.15) is 16.1 Å². The Morgan fingerprint density at radius 1 is 1.18 bits per heavy atom. The van der Waals surface area contributed by atoms with Gasteiger partial charge in [-0.05, 0) is 36.8 Å². The van der Waals surface area contributed by atoms with Crippen LogP contribution in [0.25, 0.3) is 22.2 Å². The summed E-state index contributed by atoms with van der Waals surface area (Å²) in [4.78, 5) is 21.3. The summed E-state index contributed by atoms with van der Waals surface area (Å²) >= 11 is 0. The highest BCUT2D eigenvalue weighted by molar-refractivity contribution is 6.00. The lowest BCUT2D eigenvalue weighted by molar-refractivity contribution is 0.0828. The number of aromatic nitrogens is 2. The lowest BCUT2D eigenvalue weighted by Crippen LogP contribution is -2.22. The minimum Gasteiger partial charge on any atom is -0.398 e. The van der Waals surface area contributed by atoms with Gasteiger partial charge in [0.15, 0.2) is 0 Å². The molecule has 112 valence electrons. The van der Waals surface area contributed by atoms with Gasteiger partial charge in [-0.1, -0.05) is 6.07 Å². The van der Waals surface area contributed by atoms with Crippen LogP contribution in [0.5, 0.6) is 0 Å². The Labute approximate surface area is 128 Å². The van der Waals surface area contributed by atoms with Crippen LogP contribution >= 0.6 is 0 Å². The number of nitrogens with zero attached hydrogens (tertiary/aromatic N) is 2. The number of nitrogens with two attached hydrogens (primary N) is 1. The molecule has 2 heterocycles. The van der Waals surface area contributed by atoms with Crippen LogP contribution in [-0.4, -0.2) is 34.9 Å². The van der Waals surface area contributed by atoms with Crippen LogP contribution in [0.4, 0.5) is 5.69 Å². The summed E-state index contributed by atoms with van der Waals surface area (Å²) in [7, 11) is 3.43. The predicted molar refractivity (Wildman–Crippen MR) is 88.7 cm³/mol. The number of rotatable bonds is 2. The van der Waals surface area contributed by atoms with Gasteiger partial charge >= 0.3 is 0 Å². The van der Waals surface area contributed by atoms with Gasteiger partial charge in [0, 0.05) is 42.6 Å². The molecule has 2 aromatic heterocycles. The molecular weight excluding hydrogens is 276 g/mol. The van der Waals surface area contributed by atoms with Crippen molar-refractivity contribution < 1.29 is 4.79 Å². The largest absolute Gasteiger partial charge is 0.398 e. The van der Waals surface area contributed by atoms with Crippen molar-refractivity contribution in [2.45, 2.75) is 6.92 Å². The molecule has 0 saturated heterocycles. The Hall–Kier alpha value is -2.82. The SMILES string of the molecule is Cc1cc2cc(-c3ccc(N)c(C(=O)N(C)C)c3)cnc2[nH]1. The van der Waals surface area contributed by atoms with E-state index in [4.69, 9.17) is 5.73 Å². The van der Waals surface area contributed by atoms with E-state index in [2.05, 4.69) is 22.1 Å². The van der Waals surface area contributed by atoms with Crippen molar-refractivity contribution in [3.05, 3.63) is 47.8 Å². The molecule has 1 amide bonds. The lowest BCUT2D eigenvalue weighted by Gasteiger charge is -2.13. The Bertz CT molecular complexity index is 864. The van der Waals surface area contributed by atoms with Gasteiger partial charge in [-0.25, -0.2) is 4.98 Å². The standard InChI is InChI=1S/C17H18N4O/c1-10-6-12-7-13(9-19-16(12)20-10)11-4-5-15(18)14(8-11)17(22)21(2)3/h4-9H,18H2,1-3H3,(H,19,20). The van der Waals surface area contributed by atoms with E-state index < -0.39 is 0 Å². The average Bonchev–Trinajstić information content (AvgIpc) is 2.86. The number of hydrogen-bond acceptors (Lipinski definition) is 3. The first-order chi connectivity index (χ1) is 10.5.